The molecule has 94 valence electrons. The largest absolute Gasteiger partial charge is 0.356 e. The first-order valence-electron chi connectivity index (χ1n) is 6.73. The molecule has 1 atom stereocenters. The van der Waals surface area contributed by atoms with E-state index >= 15 is 0 Å². The number of hydrogen-bond acceptors (Lipinski definition) is 2. The molecule has 0 spiro atoms. The number of amides is 1. The van der Waals surface area contributed by atoms with E-state index in [-0.39, 0.29) is 5.91 Å². The first-order valence-corrected chi connectivity index (χ1v) is 6.73. The number of rotatable bonds is 7. The molecule has 3 heteroatoms. The lowest BCUT2D eigenvalue weighted by molar-refractivity contribution is -0.122. The van der Waals surface area contributed by atoms with Crippen molar-refractivity contribution >= 4 is 5.91 Å². The van der Waals surface area contributed by atoms with Gasteiger partial charge in [-0.1, -0.05) is 39.0 Å². The van der Waals surface area contributed by atoms with E-state index in [0.29, 0.717) is 18.9 Å². The molecular weight excluding hydrogens is 200 g/mol. The van der Waals surface area contributed by atoms with Crippen LogP contribution >= 0.6 is 0 Å². The Morgan fingerprint density at radius 2 is 2.12 bits per heavy atom. The lowest BCUT2D eigenvalue weighted by atomic mass is 10.0. The van der Waals surface area contributed by atoms with Crippen LogP contribution in [-0.2, 0) is 4.79 Å². The molecule has 1 aliphatic rings. The zero-order valence-electron chi connectivity index (χ0n) is 10.5. The summed E-state index contributed by atoms with van der Waals surface area (Å²) in [6, 6.07) is 0. The van der Waals surface area contributed by atoms with Gasteiger partial charge in [-0.25, -0.2) is 0 Å². The van der Waals surface area contributed by atoms with E-state index in [2.05, 4.69) is 12.2 Å². The normalized spacial score (nSPS) is 18.6. The number of nitrogens with two attached hydrogens (primary N) is 1. The fourth-order valence-corrected chi connectivity index (χ4v) is 2.44. The molecule has 3 nitrogen and oxygen atoms in total. The maximum Gasteiger partial charge on any atom is 0.220 e. The fourth-order valence-electron chi connectivity index (χ4n) is 2.44. The highest BCUT2D eigenvalue weighted by Gasteiger charge is 2.15. The molecule has 16 heavy (non-hydrogen) atoms. The van der Waals surface area contributed by atoms with Gasteiger partial charge in [0.1, 0.15) is 0 Å². The Kier molecular flexibility index (Phi) is 6.46. The van der Waals surface area contributed by atoms with Crippen LogP contribution in [0.15, 0.2) is 0 Å². The molecule has 1 saturated carbocycles. The minimum absolute atomic E-state index is 0.176. The molecular formula is C13H26N2O. The molecule has 1 aliphatic carbocycles. The Balaban J connectivity index is 2.05. The summed E-state index contributed by atoms with van der Waals surface area (Å²) >= 11 is 0. The minimum atomic E-state index is 0.176. The molecule has 0 aliphatic heterocycles. The summed E-state index contributed by atoms with van der Waals surface area (Å²) in [4.78, 5) is 11.6. The van der Waals surface area contributed by atoms with E-state index < -0.39 is 0 Å². The molecule has 0 radical (unpaired) electrons. The molecule has 1 fully saturated rings. The van der Waals surface area contributed by atoms with Gasteiger partial charge in [0.05, 0.1) is 0 Å². The van der Waals surface area contributed by atoms with E-state index in [1.807, 2.05) is 0 Å². The Hall–Kier alpha value is -0.570. The molecule has 0 aromatic heterocycles. The van der Waals surface area contributed by atoms with E-state index in [9.17, 15) is 4.79 Å². The summed E-state index contributed by atoms with van der Waals surface area (Å²) < 4.78 is 0. The molecule has 3 N–H and O–H groups in total. The summed E-state index contributed by atoms with van der Waals surface area (Å²) in [5, 5.41) is 3.01. The first-order chi connectivity index (χ1) is 7.76. The van der Waals surface area contributed by atoms with E-state index in [1.54, 1.807) is 0 Å². The van der Waals surface area contributed by atoms with Crippen LogP contribution in [0.5, 0.6) is 0 Å². The zero-order chi connectivity index (χ0) is 11.8. The van der Waals surface area contributed by atoms with Crippen molar-refractivity contribution in [3.63, 3.8) is 0 Å². The van der Waals surface area contributed by atoms with E-state index in [1.165, 1.54) is 25.7 Å². The van der Waals surface area contributed by atoms with Crippen molar-refractivity contribution in [3.05, 3.63) is 0 Å². The van der Waals surface area contributed by atoms with Crippen LogP contribution in [0.25, 0.3) is 0 Å². The molecule has 0 heterocycles. The number of hydrogen-bond donors (Lipinski definition) is 2. The summed E-state index contributed by atoms with van der Waals surface area (Å²) in [7, 11) is 0. The highest BCUT2D eigenvalue weighted by molar-refractivity contribution is 5.76. The number of carbonyl (C=O) groups is 1. The summed E-state index contributed by atoms with van der Waals surface area (Å²) in [6.07, 6.45) is 8.22. The molecule has 0 bridgehead atoms. The number of carbonyl (C=O) groups excluding carboxylic acids is 1. The van der Waals surface area contributed by atoms with E-state index in [0.717, 1.165) is 25.3 Å². The minimum Gasteiger partial charge on any atom is -0.356 e. The van der Waals surface area contributed by atoms with Crippen molar-refractivity contribution in [2.75, 3.05) is 13.1 Å². The molecule has 1 amide bonds. The van der Waals surface area contributed by atoms with Gasteiger partial charge >= 0.3 is 0 Å². The quantitative estimate of drug-likeness (QED) is 0.698. The van der Waals surface area contributed by atoms with Crippen LogP contribution in [-0.4, -0.2) is 19.0 Å². The van der Waals surface area contributed by atoms with Gasteiger partial charge < -0.3 is 11.1 Å². The lowest BCUT2D eigenvalue weighted by Crippen LogP contribution is -2.29. The standard InChI is InChI=1S/C13H26N2O/c1-2-11(10-14)9-13(16)15-8-7-12-5-3-4-6-12/h11-12H,2-10,14H2,1H3,(H,15,16). The van der Waals surface area contributed by atoms with Crippen LogP contribution in [0.2, 0.25) is 0 Å². The second kappa shape index (κ2) is 7.66. The van der Waals surface area contributed by atoms with Gasteiger partial charge in [0, 0.05) is 13.0 Å². The van der Waals surface area contributed by atoms with Gasteiger partial charge in [-0.05, 0) is 24.8 Å². The highest BCUT2D eigenvalue weighted by atomic mass is 16.1. The first kappa shape index (κ1) is 13.5. The third-order valence-electron chi connectivity index (χ3n) is 3.73. The predicted molar refractivity (Wildman–Crippen MR) is 67.0 cm³/mol. The predicted octanol–water partition coefficient (Wildman–Crippen LogP) is 2.06. The maximum absolute atomic E-state index is 11.6. The van der Waals surface area contributed by atoms with Crippen LogP contribution in [0.3, 0.4) is 0 Å². The maximum atomic E-state index is 11.6. The molecule has 0 saturated heterocycles. The summed E-state index contributed by atoms with van der Waals surface area (Å²) in [6.45, 7) is 3.56. The monoisotopic (exact) mass is 226 g/mol. The van der Waals surface area contributed by atoms with Crippen molar-refractivity contribution in [2.45, 2.75) is 51.9 Å². The van der Waals surface area contributed by atoms with Gasteiger partial charge in [0.25, 0.3) is 0 Å². The average Bonchev–Trinajstić information content (AvgIpc) is 2.79. The lowest BCUT2D eigenvalue weighted by Gasteiger charge is -2.13. The van der Waals surface area contributed by atoms with Crippen molar-refractivity contribution < 1.29 is 4.79 Å². The van der Waals surface area contributed by atoms with E-state index in [4.69, 9.17) is 5.73 Å². The smallest absolute Gasteiger partial charge is 0.220 e. The van der Waals surface area contributed by atoms with Crippen molar-refractivity contribution in [1.82, 2.24) is 5.32 Å². The zero-order valence-corrected chi connectivity index (χ0v) is 10.5. The number of nitrogens with one attached hydrogen (secondary N) is 1. The Morgan fingerprint density at radius 3 is 2.69 bits per heavy atom. The van der Waals surface area contributed by atoms with Gasteiger partial charge in [0.2, 0.25) is 5.91 Å². The summed E-state index contributed by atoms with van der Waals surface area (Å²) in [5.74, 6) is 1.39. The van der Waals surface area contributed by atoms with Crippen molar-refractivity contribution in [2.24, 2.45) is 17.6 Å². The van der Waals surface area contributed by atoms with Crippen LogP contribution in [0.4, 0.5) is 0 Å². The van der Waals surface area contributed by atoms with Gasteiger partial charge in [-0.2, -0.15) is 0 Å². The van der Waals surface area contributed by atoms with Crippen molar-refractivity contribution in [3.8, 4) is 0 Å². The third-order valence-corrected chi connectivity index (χ3v) is 3.73. The second-order valence-corrected chi connectivity index (χ2v) is 5.00. The van der Waals surface area contributed by atoms with Gasteiger partial charge in [-0.3, -0.25) is 4.79 Å². The second-order valence-electron chi connectivity index (χ2n) is 5.00. The SMILES string of the molecule is CCC(CN)CC(=O)NCCC1CCCC1. The average molecular weight is 226 g/mol. The van der Waals surface area contributed by atoms with Crippen molar-refractivity contribution in [1.29, 1.82) is 0 Å². The Bertz CT molecular complexity index is 196. The van der Waals surface area contributed by atoms with Crippen LogP contribution in [0.1, 0.15) is 51.9 Å². The Morgan fingerprint density at radius 1 is 1.44 bits per heavy atom. The molecule has 0 aromatic rings. The van der Waals surface area contributed by atoms with Crippen LogP contribution in [0, 0.1) is 11.8 Å². The summed E-state index contributed by atoms with van der Waals surface area (Å²) in [5.41, 5.74) is 5.58. The van der Waals surface area contributed by atoms with Gasteiger partial charge in [-0.15, -0.1) is 0 Å². The molecule has 1 rings (SSSR count). The highest BCUT2D eigenvalue weighted by Crippen LogP contribution is 2.26. The molecule has 0 aromatic carbocycles. The fraction of sp³-hybridized carbons (Fsp3) is 0.923. The van der Waals surface area contributed by atoms with Crippen LogP contribution < -0.4 is 11.1 Å². The molecule has 1 unspecified atom stereocenters. The topological polar surface area (TPSA) is 55.1 Å². The third kappa shape index (κ3) is 4.97. The van der Waals surface area contributed by atoms with Gasteiger partial charge in [0.15, 0.2) is 0 Å². The Labute approximate surface area is 99.2 Å².